The molecular weight excluding hydrogens is 302 g/mol. The molecule has 0 fully saturated rings. The highest BCUT2D eigenvalue weighted by Crippen LogP contribution is 2.35. The molecule has 4 aromatic heterocycles. The Morgan fingerprint density at radius 1 is 0.783 bits per heavy atom. The normalized spacial score (nSPS) is 11.5. The van der Waals surface area contributed by atoms with E-state index in [1.165, 1.54) is 20.2 Å². The Balaban J connectivity index is 1.84. The van der Waals surface area contributed by atoms with Crippen LogP contribution < -0.4 is 0 Å². The molecule has 0 N–H and O–H groups in total. The van der Waals surface area contributed by atoms with Crippen molar-refractivity contribution >= 4 is 42.4 Å². The van der Waals surface area contributed by atoms with E-state index in [2.05, 4.69) is 45.3 Å². The summed E-state index contributed by atoms with van der Waals surface area (Å²) in [4.78, 5) is 13.5. The van der Waals surface area contributed by atoms with Gasteiger partial charge in [-0.3, -0.25) is 15.0 Å². The molecule has 5 aromatic rings. The number of hydrogen-bond acceptors (Lipinski definition) is 4. The van der Waals surface area contributed by atoms with Crippen molar-refractivity contribution < 1.29 is 0 Å². The lowest BCUT2D eigenvalue weighted by Crippen LogP contribution is -1.88. The molecule has 0 aliphatic heterocycles. The zero-order valence-electron chi connectivity index (χ0n) is 12.1. The molecule has 0 bridgehead atoms. The molecule has 0 unspecified atom stereocenters. The minimum Gasteiger partial charge on any atom is -0.263 e. The molecule has 0 aliphatic rings. The maximum atomic E-state index is 4.65. The molecule has 0 aliphatic carbocycles. The lowest BCUT2D eigenvalue weighted by atomic mass is 10.1. The predicted octanol–water partition coefficient (Wildman–Crippen LogP) is 5.06. The van der Waals surface area contributed by atoms with Crippen LogP contribution in [0.4, 0.5) is 0 Å². The van der Waals surface area contributed by atoms with Crippen LogP contribution in [0, 0.1) is 0 Å². The topological polar surface area (TPSA) is 38.7 Å². The van der Waals surface area contributed by atoms with E-state index in [1.807, 2.05) is 36.9 Å². The highest BCUT2D eigenvalue weighted by atomic mass is 32.1. The van der Waals surface area contributed by atoms with Crippen LogP contribution in [0.25, 0.3) is 42.3 Å². The van der Waals surface area contributed by atoms with Crippen molar-refractivity contribution in [3.05, 3.63) is 67.3 Å². The van der Waals surface area contributed by atoms with E-state index in [4.69, 9.17) is 0 Å². The van der Waals surface area contributed by atoms with Gasteiger partial charge in [0.15, 0.2) is 0 Å². The lowest BCUT2D eigenvalue weighted by Gasteiger charge is -2.04. The average Bonchev–Trinajstić information content (AvgIpc) is 2.99. The molecule has 0 saturated carbocycles. The number of benzene rings is 1. The van der Waals surface area contributed by atoms with Gasteiger partial charge in [0.2, 0.25) is 0 Å². The number of fused-ring (bicyclic) bond motifs is 4. The minimum absolute atomic E-state index is 0.915. The Hall–Kier alpha value is -2.85. The summed E-state index contributed by atoms with van der Waals surface area (Å²) >= 11 is 1.78. The highest BCUT2D eigenvalue weighted by Gasteiger charge is 2.10. The fourth-order valence-electron chi connectivity index (χ4n) is 2.97. The number of thiophene rings is 1. The van der Waals surface area contributed by atoms with Crippen molar-refractivity contribution in [1.29, 1.82) is 0 Å². The van der Waals surface area contributed by atoms with E-state index in [0.29, 0.717) is 0 Å². The summed E-state index contributed by atoms with van der Waals surface area (Å²) in [5.41, 5.74) is 2.83. The first-order chi connectivity index (χ1) is 11.4. The van der Waals surface area contributed by atoms with Crippen molar-refractivity contribution in [1.82, 2.24) is 15.0 Å². The molecule has 4 heterocycles. The van der Waals surface area contributed by atoms with Crippen LogP contribution in [-0.2, 0) is 0 Å². The molecule has 3 nitrogen and oxygen atoms in total. The molecule has 0 amide bonds. The third-order valence-corrected chi connectivity index (χ3v) is 5.17. The average molecular weight is 313 g/mol. The Kier molecular flexibility index (Phi) is 2.66. The SMILES string of the molecule is c1cnc2c(-c3cc4c(cn3)sc3ccccc34)cncc2c1. The first-order valence-corrected chi connectivity index (χ1v) is 8.18. The number of hydrogen-bond donors (Lipinski definition) is 0. The van der Waals surface area contributed by atoms with Crippen LogP contribution >= 0.6 is 11.3 Å². The largest absolute Gasteiger partial charge is 0.263 e. The fraction of sp³-hybridized carbons (Fsp3) is 0. The highest BCUT2D eigenvalue weighted by molar-refractivity contribution is 7.25. The van der Waals surface area contributed by atoms with Gasteiger partial charge in [-0.2, -0.15) is 0 Å². The Morgan fingerprint density at radius 3 is 2.74 bits per heavy atom. The molecule has 0 radical (unpaired) electrons. The molecule has 0 spiro atoms. The summed E-state index contributed by atoms with van der Waals surface area (Å²) in [6, 6.07) is 14.6. The van der Waals surface area contributed by atoms with Crippen LogP contribution in [0.15, 0.2) is 67.3 Å². The van der Waals surface area contributed by atoms with Crippen LogP contribution in [0.2, 0.25) is 0 Å². The Labute approximate surface area is 136 Å². The van der Waals surface area contributed by atoms with Crippen LogP contribution in [0.5, 0.6) is 0 Å². The number of pyridine rings is 3. The van der Waals surface area contributed by atoms with Gasteiger partial charge < -0.3 is 0 Å². The van der Waals surface area contributed by atoms with Crippen LogP contribution in [0.3, 0.4) is 0 Å². The van der Waals surface area contributed by atoms with Gasteiger partial charge in [0.25, 0.3) is 0 Å². The minimum atomic E-state index is 0.915. The van der Waals surface area contributed by atoms with Crippen molar-refractivity contribution in [3.8, 4) is 11.3 Å². The van der Waals surface area contributed by atoms with E-state index >= 15 is 0 Å². The zero-order chi connectivity index (χ0) is 15.2. The van der Waals surface area contributed by atoms with Gasteiger partial charge in [-0.25, -0.2) is 0 Å². The predicted molar refractivity (Wildman–Crippen MR) is 95.7 cm³/mol. The van der Waals surface area contributed by atoms with E-state index in [0.717, 1.165) is 22.2 Å². The van der Waals surface area contributed by atoms with E-state index in [1.54, 1.807) is 11.3 Å². The monoisotopic (exact) mass is 313 g/mol. The van der Waals surface area contributed by atoms with Gasteiger partial charge >= 0.3 is 0 Å². The second-order valence-corrected chi connectivity index (χ2v) is 6.51. The quantitative estimate of drug-likeness (QED) is 0.434. The van der Waals surface area contributed by atoms with Gasteiger partial charge in [-0.05, 0) is 24.3 Å². The molecule has 0 atom stereocenters. The molecule has 0 saturated heterocycles. The van der Waals surface area contributed by atoms with Crippen molar-refractivity contribution in [2.75, 3.05) is 0 Å². The Morgan fingerprint density at radius 2 is 1.74 bits per heavy atom. The molecule has 4 heteroatoms. The second-order valence-electron chi connectivity index (χ2n) is 5.43. The summed E-state index contributed by atoms with van der Waals surface area (Å²) in [6.45, 7) is 0. The van der Waals surface area contributed by atoms with Crippen molar-refractivity contribution in [3.63, 3.8) is 0 Å². The smallest absolute Gasteiger partial charge is 0.0826 e. The number of aromatic nitrogens is 3. The summed E-state index contributed by atoms with van der Waals surface area (Å²) in [5.74, 6) is 0. The summed E-state index contributed by atoms with van der Waals surface area (Å²) in [5, 5.41) is 3.54. The maximum Gasteiger partial charge on any atom is 0.0826 e. The summed E-state index contributed by atoms with van der Waals surface area (Å²) in [7, 11) is 0. The third-order valence-electron chi connectivity index (χ3n) is 4.05. The van der Waals surface area contributed by atoms with E-state index in [9.17, 15) is 0 Å². The first-order valence-electron chi connectivity index (χ1n) is 7.36. The number of rotatable bonds is 1. The van der Waals surface area contributed by atoms with Crippen molar-refractivity contribution in [2.24, 2.45) is 0 Å². The van der Waals surface area contributed by atoms with Gasteiger partial charge in [0.1, 0.15) is 0 Å². The molecular formula is C19H11N3S. The molecule has 108 valence electrons. The van der Waals surface area contributed by atoms with E-state index in [-0.39, 0.29) is 0 Å². The van der Waals surface area contributed by atoms with Crippen LogP contribution in [-0.4, -0.2) is 15.0 Å². The van der Waals surface area contributed by atoms with Crippen molar-refractivity contribution in [2.45, 2.75) is 0 Å². The summed E-state index contributed by atoms with van der Waals surface area (Å²) < 4.78 is 2.49. The maximum absolute atomic E-state index is 4.65. The zero-order valence-corrected chi connectivity index (χ0v) is 12.9. The van der Waals surface area contributed by atoms with Gasteiger partial charge in [0, 0.05) is 51.2 Å². The lowest BCUT2D eigenvalue weighted by molar-refractivity contribution is 1.29. The first kappa shape index (κ1) is 12.7. The van der Waals surface area contributed by atoms with Gasteiger partial charge in [0.05, 0.1) is 15.9 Å². The molecule has 23 heavy (non-hydrogen) atoms. The second kappa shape index (κ2) is 4.83. The third kappa shape index (κ3) is 1.92. The fourth-order valence-corrected chi connectivity index (χ4v) is 4.02. The van der Waals surface area contributed by atoms with E-state index < -0.39 is 0 Å². The van der Waals surface area contributed by atoms with Gasteiger partial charge in [-0.15, -0.1) is 11.3 Å². The van der Waals surface area contributed by atoms with Crippen LogP contribution in [0.1, 0.15) is 0 Å². The standard InChI is InChI=1S/C19H11N3S/c1-2-6-17-13(5-1)14-8-16(22-11-18(14)23-17)15-10-20-9-12-4-3-7-21-19(12)15/h1-11H. The summed E-state index contributed by atoms with van der Waals surface area (Å²) in [6.07, 6.45) is 7.45. The number of nitrogens with zero attached hydrogens (tertiary/aromatic N) is 3. The van der Waals surface area contributed by atoms with Gasteiger partial charge in [-0.1, -0.05) is 18.2 Å². The molecule has 1 aromatic carbocycles. The Bertz CT molecular complexity index is 1170. The molecule has 5 rings (SSSR count).